The number of rotatable bonds is 3. The smallest absolute Gasteiger partial charge is 0.219 e. The highest BCUT2D eigenvalue weighted by atomic mass is 79.9. The number of benzene rings is 2. The third kappa shape index (κ3) is 3.66. The number of aromatic nitrogens is 2. The minimum absolute atomic E-state index is 0.105. The lowest BCUT2D eigenvalue weighted by molar-refractivity contribution is 0.902. The zero-order valence-electron chi connectivity index (χ0n) is 14.1. The van der Waals surface area contributed by atoms with Gasteiger partial charge in [-0.05, 0) is 51.8 Å². The normalized spacial score (nSPS) is 11.3. The van der Waals surface area contributed by atoms with Crippen molar-refractivity contribution in [2.45, 2.75) is 0 Å². The van der Waals surface area contributed by atoms with Crippen LogP contribution in [0.4, 0.5) is 0 Å². The van der Waals surface area contributed by atoms with Gasteiger partial charge in [0.15, 0.2) is 0 Å². The van der Waals surface area contributed by atoms with Gasteiger partial charge in [-0.25, -0.2) is 4.68 Å². The molecule has 0 spiro atoms. The van der Waals surface area contributed by atoms with Crippen LogP contribution in [0.25, 0.3) is 28.7 Å². The summed E-state index contributed by atoms with van der Waals surface area (Å²) >= 11 is 6.90. The first-order chi connectivity index (χ1) is 13.1. The summed E-state index contributed by atoms with van der Waals surface area (Å²) in [6, 6.07) is 23.4. The maximum Gasteiger partial charge on any atom is 0.219 e. The summed E-state index contributed by atoms with van der Waals surface area (Å²) in [5.41, 5.74) is 3.08. The minimum Gasteiger partial charge on any atom is -0.286 e. The molecule has 0 atom stereocenters. The molecule has 0 fully saturated rings. The third-order valence-corrected chi connectivity index (χ3v) is 5.21. The highest BCUT2D eigenvalue weighted by molar-refractivity contribution is 9.11. The van der Waals surface area contributed by atoms with Gasteiger partial charge in [0.2, 0.25) is 5.43 Å². The van der Waals surface area contributed by atoms with Gasteiger partial charge in [0, 0.05) is 9.86 Å². The van der Waals surface area contributed by atoms with Crippen molar-refractivity contribution in [3.63, 3.8) is 0 Å². The quantitative estimate of drug-likeness (QED) is 0.355. The number of hydrogen-bond acceptors (Lipinski definition) is 2. The topological polar surface area (TPSA) is 34.9 Å². The predicted octanol–water partition coefficient (Wildman–Crippen LogP) is 6.08. The van der Waals surface area contributed by atoms with E-state index in [2.05, 4.69) is 31.9 Å². The Bertz CT molecular complexity index is 1200. The van der Waals surface area contributed by atoms with Crippen molar-refractivity contribution in [3.05, 3.63) is 103 Å². The van der Waals surface area contributed by atoms with E-state index in [0.717, 1.165) is 26.8 Å². The Morgan fingerprint density at radius 3 is 2.22 bits per heavy atom. The molecule has 0 N–H and O–H groups in total. The second-order valence-corrected chi connectivity index (χ2v) is 7.76. The third-order valence-electron chi connectivity index (χ3n) is 4.16. The second kappa shape index (κ2) is 7.62. The summed E-state index contributed by atoms with van der Waals surface area (Å²) in [4.78, 5) is 13.0. The minimum atomic E-state index is -0.105. The van der Waals surface area contributed by atoms with E-state index in [1.54, 1.807) is 10.7 Å². The summed E-state index contributed by atoms with van der Waals surface area (Å²) < 4.78 is 3.00. The molecule has 3 nitrogen and oxygen atoms in total. The van der Waals surface area contributed by atoms with E-state index in [9.17, 15) is 4.79 Å². The predicted molar refractivity (Wildman–Crippen MR) is 118 cm³/mol. The number of hydrogen-bond donors (Lipinski definition) is 0. The molecule has 0 aliphatic rings. The van der Waals surface area contributed by atoms with Gasteiger partial charge < -0.3 is 0 Å². The van der Waals surface area contributed by atoms with E-state index >= 15 is 0 Å². The summed E-state index contributed by atoms with van der Waals surface area (Å²) in [7, 11) is 0. The van der Waals surface area contributed by atoms with Gasteiger partial charge in [-0.2, -0.15) is 5.10 Å². The van der Waals surface area contributed by atoms with Crippen LogP contribution in [0.2, 0.25) is 0 Å². The lowest BCUT2D eigenvalue weighted by Gasteiger charge is -2.01. The molecule has 0 saturated carbocycles. The lowest BCUT2D eigenvalue weighted by Crippen LogP contribution is -2.06. The molecule has 0 amide bonds. The molecule has 0 unspecified atom stereocenters. The average Bonchev–Trinajstić information content (AvgIpc) is 2.99. The zero-order valence-corrected chi connectivity index (χ0v) is 17.3. The molecule has 5 heteroatoms. The fourth-order valence-corrected chi connectivity index (χ4v) is 4.10. The van der Waals surface area contributed by atoms with Crippen LogP contribution in [0, 0.1) is 0 Å². The first-order valence-electron chi connectivity index (χ1n) is 8.34. The lowest BCUT2D eigenvalue weighted by atomic mass is 10.2. The van der Waals surface area contributed by atoms with Crippen molar-refractivity contribution in [2.75, 3.05) is 0 Å². The second-order valence-electron chi connectivity index (χ2n) is 5.99. The summed E-state index contributed by atoms with van der Waals surface area (Å²) in [5, 5.41) is 5.52. The van der Waals surface area contributed by atoms with Crippen molar-refractivity contribution in [1.82, 2.24) is 9.78 Å². The molecule has 0 bridgehead atoms. The maximum atomic E-state index is 13.0. The van der Waals surface area contributed by atoms with Crippen LogP contribution >= 0.6 is 31.9 Å². The van der Waals surface area contributed by atoms with E-state index in [1.807, 2.05) is 78.9 Å². The van der Waals surface area contributed by atoms with Crippen LogP contribution in [-0.2, 0) is 0 Å². The van der Waals surface area contributed by atoms with Gasteiger partial charge in [0.1, 0.15) is 5.52 Å². The van der Waals surface area contributed by atoms with Crippen LogP contribution < -0.4 is 5.43 Å². The molecule has 1 aromatic heterocycles. The SMILES string of the molecule is O=c1c(Br)cc(Br)cc2c(/C=C/c3ccccc3)nn(-c3ccccc3)c12. The molecule has 0 radical (unpaired) electrons. The molecule has 4 rings (SSSR count). The number of para-hydroxylation sites is 1. The molecule has 1 heterocycles. The molecule has 0 aliphatic carbocycles. The summed E-state index contributed by atoms with van der Waals surface area (Å²) in [6.45, 7) is 0. The van der Waals surface area contributed by atoms with E-state index in [4.69, 9.17) is 5.10 Å². The van der Waals surface area contributed by atoms with Crippen LogP contribution in [0.15, 0.2) is 86.5 Å². The van der Waals surface area contributed by atoms with Crippen LogP contribution in [0.5, 0.6) is 0 Å². The molecule has 4 aromatic rings. The highest BCUT2D eigenvalue weighted by Gasteiger charge is 2.15. The van der Waals surface area contributed by atoms with Crippen molar-refractivity contribution in [2.24, 2.45) is 0 Å². The van der Waals surface area contributed by atoms with Crippen LogP contribution in [-0.4, -0.2) is 9.78 Å². The van der Waals surface area contributed by atoms with Crippen molar-refractivity contribution in [3.8, 4) is 5.69 Å². The molecule has 132 valence electrons. The van der Waals surface area contributed by atoms with Crippen molar-refractivity contribution < 1.29 is 0 Å². The standard InChI is InChI=1S/C22H14Br2N2O/c23-16-13-18-20(12-11-15-7-3-1-4-8-15)25-26(17-9-5-2-6-10-17)21(18)22(27)19(24)14-16/h1-14H/b12-11+. The zero-order chi connectivity index (χ0) is 18.8. The first-order valence-corrected chi connectivity index (χ1v) is 9.93. The largest absolute Gasteiger partial charge is 0.286 e. The summed E-state index contributed by atoms with van der Waals surface area (Å²) in [5.74, 6) is 0. The molecule has 0 aliphatic heterocycles. The average molecular weight is 482 g/mol. The summed E-state index contributed by atoms with van der Waals surface area (Å²) in [6.07, 6.45) is 3.94. The van der Waals surface area contributed by atoms with Crippen molar-refractivity contribution in [1.29, 1.82) is 0 Å². The van der Waals surface area contributed by atoms with Gasteiger partial charge in [-0.3, -0.25) is 4.79 Å². The first kappa shape index (κ1) is 17.9. The molecular weight excluding hydrogens is 468 g/mol. The molecule has 3 aromatic carbocycles. The Hall–Kier alpha value is -2.50. The van der Waals surface area contributed by atoms with Crippen molar-refractivity contribution >= 4 is 54.9 Å². The van der Waals surface area contributed by atoms with Crippen LogP contribution in [0.3, 0.4) is 0 Å². The maximum absolute atomic E-state index is 13.0. The molecule has 0 saturated heterocycles. The fraction of sp³-hybridized carbons (Fsp3) is 0. The van der Waals surface area contributed by atoms with E-state index in [-0.39, 0.29) is 5.43 Å². The Labute approximate surface area is 173 Å². The number of halogens is 2. The van der Waals surface area contributed by atoms with Gasteiger partial charge in [-0.1, -0.05) is 70.5 Å². The Morgan fingerprint density at radius 2 is 1.52 bits per heavy atom. The Kier molecular flexibility index (Phi) is 5.05. The van der Waals surface area contributed by atoms with E-state index in [1.165, 1.54) is 0 Å². The number of fused-ring (bicyclic) bond motifs is 1. The van der Waals surface area contributed by atoms with Gasteiger partial charge in [-0.15, -0.1) is 0 Å². The Balaban J connectivity index is 2.02. The Morgan fingerprint density at radius 1 is 0.852 bits per heavy atom. The molecule has 27 heavy (non-hydrogen) atoms. The van der Waals surface area contributed by atoms with E-state index < -0.39 is 0 Å². The monoisotopic (exact) mass is 480 g/mol. The fourth-order valence-electron chi connectivity index (χ4n) is 2.91. The molecular formula is C22H14Br2N2O. The van der Waals surface area contributed by atoms with Gasteiger partial charge in [0.25, 0.3) is 0 Å². The highest BCUT2D eigenvalue weighted by Crippen LogP contribution is 2.25. The van der Waals surface area contributed by atoms with Crippen LogP contribution in [0.1, 0.15) is 11.3 Å². The van der Waals surface area contributed by atoms with Gasteiger partial charge in [0.05, 0.1) is 15.9 Å². The van der Waals surface area contributed by atoms with E-state index in [0.29, 0.717) is 9.99 Å². The van der Waals surface area contributed by atoms with Gasteiger partial charge >= 0.3 is 0 Å². The number of nitrogens with zero attached hydrogens (tertiary/aromatic N) is 2.